The molecular weight excluding hydrogens is 342 g/mol. The van der Waals surface area contributed by atoms with E-state index in [4.69, 9.17) is 11.6 Å². The third-order valence-electron chi connectivity index (χ3n) is 4.86. The van der Waals surface area contributed by atoms with Gasteiger partial charge in [-0.2, -0.15) is 0 Å². The lowest BCUT2D eigenvalue weighted by molar-refractivity contribution is 0.0702. The molecule has 1 saturated carbocycles. The minimum Gasteiger partial charge on any atom is -0.477 e. The number of hydrogen-bond donors (Lipinski definition) is 2. The van der Waals surface area contributed by atoms with Gasteiger partial charge in [0.2, 0.25) is 0 Å². The third-order valence-corrected chi connectivity index (χ3v) is 6.27. The number of carbonyl (C=O) groups is 1. The average Bonchev–Trinajstić information content (AvgIpc) is 3.14. The van der Waals surface area contributed by atoms with Crippen molar-refractivity contribution in [3.63, 3.8) is 0 Å². The smallest absolute Gasteiger partial charge is 0.345 e. The summed E-state index contributed by atoms with van der Waals surface area (Å²) in [6.07, 6.45) is 6.13. The second kappa shape index (κ2) is 6.26. The second-order valence-corrected chi connectivity index (χ2v) is 7.90. The van der Waals surface area contributed by atoms with Crippen molar-refractivity contribution in [2.24, 2.45) is 0 Å². The number of fused-ring (bicyclic) bond motifs is 1. The van der Waals surface area contributed by atoms with E-state index in [0.29, 0.717) is 10.8 Å². The second-order valence-electron chi connectivity index (χ2n) is 6.41. The van der Waals surface area contributed by atoms with Gasteiger partial charge in [-0.1, -0.05) is 43.0 Å². The summed E-state index contributed by atoms with van der Waals surface area (Å²) in [6, 6.07) is 9.62. The first-order valence-corrected chi connectivity index (χ1v) is 9.47. The minimum atomic E-state index is -0.854. The van der Waals surface area contributed by atoms with Crippen LogP contribution in [0.15, 0.2) is 30.3 Å². The van der Waals surface area contributed by atoms with E-state index in [-0.39, 0.29) is 0 Å². The number of aromatic amines is 1. The highest BCUT2D eigenvalue weighted by Crippen LogP contribution is 2.44. The third kappa shape index (κ3) is 2.74. The number of H-pyrrole nitrogens is 1. The fraction of sp³-hybridized carbons (Fsp3) is 0.316. The van der Waals surface area contributed by atoms with Gasteiger partial charge in [0.15, 0.2) is 0 Å². The van der Waals surface area contributed by atoms with Crippen LogP contribution in [-0.4, -0.2) is 16.1 Å². The predicted molar refractivity (Wildman–Crippen MR) is 99.4 cm³/mol. The molecule has 1 fully saturated rings. The van der Waals surface area contributed by atoms with Crippen LogP contribution >= 0.6 is 22.9 Å². The molecule has 0 aliphatic heterocycles. The van der Waals surface area contributed by atoms with Crippen molar-refractivity contribution in [1.29, 1.82) is 0 Å². The number of nitrogens with one attached hydrogen (secondary N) is 1. The molecule has 3 nitrogen and oxygen atoms in total. The minimum absolute atomic E-state index is 0.399. The van der Waals surface area contributed by atoms with Crippen molar-refractivity contribution in [3.8, 4) is 11.3 Å². The lowest BCUT2D eigenvalue weighted by Crippen LogP contribution is -2.05. The van der Waals surface area contributed by atoms with Gasteiger partial charge < -0.3 is 10.1 Å². The number of aromatic carboxylic acids is 1. The van der Waals surface area contributed by atoms with Crippen molar-refractivity contribution < 1.29 is 9.90 Å². The van der Waals surface area contributed by atoms with E-state index in [1.807, 2.05) is 24.3 Å². The molecule has 0 unspecified atom stereocenters. The summed E-state index contributed by atoms with van der Waals surface area (Å²) in [7, 11) is 0. The summed E-state index contributed by atoms with van der Waals surface area (Å²) >= 11 is 7.41. The number of hydrogen-bond acceptors (Lipinski definition) is 2. The molecule has 124 valence electrons. The van der Waals surface area contributed by atoms with E-state index in [1.54, 1.807) is 6.07 Å². The highest BCUT2D eigenvalue weighted by Gasteiger charge is 2.25. The van der Waals surface area contributed by atoms with Crippen LogP contribution in [0.2, 0.25) is 5.02 Å². The molecule has 0 amide bonds. The summed E-state index contributed by atoms with van der Waals surface area (Å²) < 4.78 is 1.10. The van der Waals surface area contributed by atoms with Crippen molar-refractivity contribution >= 4 is 39.1 Å². The Morgan fingerprint density at radius 2 is 1.88 bits per heavy atom. The molecule has 1 aliphatic carbocycles. The number of aromatic nitrogens is 1. The molecule has 2 heterocycles. The summed E-state index contributed by atoms with van der Waals surface area (Å²) in [5, 5.41) is 10.0. The van der Waals surface area contributed by atoms with E-state index in [2.05, 4.69) is 4.98 Å². The van der Waals surface area contributed by atoms with E-state index in [9.17, 15) is 9.90 Å². The summed E-state index contributed by atoms with van der Waals surface area (Å²) in [4.78, 5) is 15.2. The molecule has 2 N–H and O–H groups in total. The quantitative estimate of drug-likeness (QED) is 0.576. The predicted octanol–water partition coefficient (Wildman–Crippen LogP) is 6.30. The van der Waals surface area contributed by atoms with Crippen LogP contribution in [0.1, 0.15) is 53.3 Å². The molecule has 24 heavy (non-hydrogen) atoms. The number of benzene rings is 1. The van der Waals surface area contributed by atoms with E-state index < -0.39 is 5.97 Å². The first-order valence-electron chi connectivity index (χ1n) is 8.28. The normalized spacial score (nSPS) is 15.9. The van der Waals surface area contributed by atoms with Gasteiger partial charge in [-0.25, -0.2) is 4.79 Å². The monoisotopic (exact) mass is 359 g/mol. The van der Waals surface area contributed by atoms with Crippen LogP contribution < -0.4 is 0 Å². The Morgan fingerprint density at radius 1 is 1.17 bits per heavy atom. The summed E-state index contributed by atoms with van der Waals surface area (Å²) in [6.45, 7) is 0. The number of carboxylic acid groups (broad SMARTS) is 1. The fourth-order valence-electron chi connectivity index (χ4n) is 3.73. The Labute approximate surface area is 149 Å². The molecule has 0 atom stereocenters. The zero-order chi connectivity index (χ0) is 16.7. The van der Waals surface area contributed by atoms with Crippen molar-refractivity contribution in [2.45, 2.75) is 38.0 Å². The molecule has 1 aromatic carbocycles. The Morgan fingerprint density at radius 3 is 2.54 bits per heavy atom. The Bertz CT molecular complexity index is 888. The maximum atomic E-state index is 11.3. The first-order chi connectivity index (χ1) is 11.6. The molecule has 0 radical (unpaired) electrons. The molecule has 1 aliphatic rings. The first kappa shape index (κ1) is 15.7. The van der Waals surface area contributed by atoms with Gasteiger partial charge in [-0.15, -0.1) is 11.3 Å². The average molecular weight is 360 g/mol. The molecule has 4 rings (SSSR count). The topological polar surface area (TPSA) is 53.1 Å². The van der Waals surface area contributed by atoms with Crippen molar-refractivity contribution in [2.75, 3.05) is 0 Å². The standard InChI is InChI=1S/C19H18ClNO2S/c20-13-8-6-12(7-9-13)17-16(11-4-2-1-3-5-11)18-14(21-17)10-15(24-18)19(22)23/h6-11,21H,1-5H2,(H,22,23). The van der Waals surface area contributed by atoms with E-state index >= 15 is 0 Å². The van der Waals surface area contributed by atoms with Gasteiger partial charge in [0.1, 0.15) is 4.88 Å². The van der Waals surface area contributed by atoms with Crippen LogP contribution in [0.3, 0.4) is 0 Å². The molecule has 0 bridgehead atoms. The molecule has 2 aromatic heterocycles. The zero-order valence-electron chi connectivity index (χ0n) is 13.1. The van der Waals surface area contributed by atoms with Gasteiger partial charge in [0.25, 0.3) is 0 Å². The van der Waals surface area contributed by atoms with Gasteiger partial charge in [0, 0.05) is 5.02 Å². The maximum Gasteiger partial charge on any atom is 0.345 e. The highest BCUT2D eigenvalue weighted by molar-refractivity contribution is 7.21. The molecule has 0 spiro atoms. The number of thiophene rings is 1. The van der Waals surface area contributed by atoms with Gasteiger partial charge in [-0.05, 0) is 48.1 Å². The summed E-state index contributed by atoms with van der Waals surface area (Å²) in [5.41, 5.74) is 4.46. The molecule has 3 aromatic rings. The van der Waals surface area contributed by atoms with Gasteiger partial charge in [-0.3, -0.25) is 0 Å². The largest absolute Gasteiger partial charge is 0.477 e. The molecule has 0 saturated heterocycles. The molecular formula is C19H18ClNO2S. The SMILES string of the molecule is O=C(O)c1cc2[nH]c(-c3ccc(Cl)cc3)c(C3CCCCC3)c2s1. The Balaban J connectivity index is 1.89. The fourth-order valence-corrected chi connectivity index (χ4v) is 4.94. The van der Waals surface area contributed by atoms with Crippen LogP contribution in [0.25, 0.3) is 21.5 Å². The lowest BCUT2D eigenvalue weighted by atomic mass is 9.83. The van der Waals surface area contributed by atoms with Crippen LogP contribution in [0, 0.1) is 0 Å². The Hall–Kier alpha value is -1.78. The number of rotatable bonds is 3. The van der Waals surface area contributed by atoms with Crippen LogP contribution in [-0.2, 0) is 0 Å². The van der Waals surface area contributed by atoms with Crippen LogP contribution in [0.4, 0.5) is 0 Å². The van der Waals surface area contributed by atoms with E-state index in [0.717, 1.165) is 26.5 Å². The number of halogens is 1. The summed E-state index contributed by atoms with van der Waals surface area (Å²) in [5.74, 6) is -0.356. The maximum absolute atomic E-state index is 11.3. The van der Waals surface area contributed by atoms with Crippen LogP contribution in [0.5, 0.6) is 0 Å². The lowest BCUT2D eigenvalue weighted by Gasteiger charge is -2.22. The molecule has 5 heteroatoms. The van der Waals surface area contributed by atoms with Crippen molar-refractivity contribution in [1.82, 2.24) is 4.98 Å². The Kier molecular flexibility index (Phi) is 4.10. The zero-order valence-corrected chi connectivity index (χ0v) is 14.7. The van der Waals surface area contributed by atoms with E-state index in [1.165, 1.54) is 49.0 Å². The van der Waals surface area contributed by atoms with Gasteiger partial charge in [0.05, 0.1) is 15.9 Å². The van der Waals surface area contributed by atoms with Crippen molar-refractivity contribution in [3.05, 3.63) is 45.8 Å². The van der Waals surface area contributed by atoms with Gasteiger partial charge >= 0.3 is 5.97 Å². The highest BCUT2D eigenvalue weighted by atomic mass is 35.5. The number of carboxylic acids is 1.